The lowest BCUT2D eigenvalue weighted by Gasteiger charge is -2.22. The molecule has 22 heavy (non-hydrogen) atoms. The molecule has 0 unspecified atom stereocenters. The lowest BCUT2D eigenvalue weighted by atomic mass is 9.89. The fraction of sp³-hybridized carbons (Fsp3) is 0.550. The Hall–Kier alpha value is -1.41. The topological polar surface area (TPSA) is 24.9 Å². The van der Waals surface area contributed by atoms with Crippen LogP contribution in [0.2, 0.25) is 0 Å². The van der Waals surface area contributed by atoms with E-state index in [-0.39, 0.29) is 0 Å². The number of aryl methyl sites for hydroxylation is 2. The number of nitrogens with zero attached hydrogens (tertiary/aromatic N) is 1. The minimum atomic E-state index is 0.690. The van der Waals surface area contributed by atoms with E-state index in [2.05, 4.69) is 44.3 Å². The van der Waals surface area contributed by atoms with E-state index in [1.807, 2.05) is 0 Å². The first-order valence-corrected chi connectivity index (χ1v) is 8.83. The molecule has 1 aromatic heterocycles. The molecule has 0 aliphatic heterocycles. The third-order valence-electron chi connectivity index (χ3n) is 4.71. The second kappa shape index (κ2) is 6.78. The van der Waals surface area contributed by atoms with Crippen molar-refractivity contribution in [3.63, 3.8) is 0 Å². The van der Waals surface area contributed by atoms with E-state index < -0.39 is 0 Å². The number of benzene rings is 1. The molecule has 0 saturated carbocycles. The van der Waals surface area contributed by atoms with E-state index >= 15 is 0 Å². The zero-order chi connectivity index (χ0) is 15.5. The summed E-state index contributed by atoms with van der Waals surface area (Å²) in [7, 11) is 0. The molecular weight excluding hydrogens is 268 g/mol. The summed E-state index contributed by atoms with van der Waals surface area (Å²) in [5, 5.41) is 5.02. The van der Waals surface area contributed by atoms with Crippen LogP contribution in [-0.2, 0) is 25.8 Å². The Kier molecular flexibility index (Phi) is 4.77. The molecule has 1 aliphatic carbocycles. The minimum Gasteiger partial charge on any atom is -0.312 e. The maximum absolute atomic E-state index is 4.97. The average Bonchev–Trinajstić information content (AvgIpc) is 2.53. The molecule has 2 aromatic rings. The van der Waals surface area contributed by atoms with Crippen LogP contribution in [0.5, 0.6) is 0 Å². The molecule has 0 saturated heterocycles. The van der Waals surface area contributed by atoms with E-state index in [9.17, 15) is 0 Å². The van der Waals surface area contributed by atoms with Crippen LogP contribution in [0.4, 0.5) is 0 Å². The summed E-state index contributed by atoms with van der Waals surface area (Å²) in [6, 6.07) is 6.81. The molecule has 118 valence electrons. The van der Waals surface area contributed by atoms with Crippen molar-refractivity contribution in [1.29, 1.82) is 0 Å². The molecule has 3 rings (SSSR count). The molecule has 1 aromatic carbocycles. The Morgan fingerprint density at radius 2 is 2.00 bits per heavy atom. The lowest BCUT2D eigenvalue weighted by molar-refractivity contribution is 0.549. The van der Waals surface area contributed by atoms with Gasteiger partial charge in [-0.05, 0) is 73.4 Å². The second-order valence-electron chi connectivity index (χ2n) is 6.95. The highest BCUT2D eigenvalue weighted by molar-refractivity contribution is 5.84. The van der Waals surface area contributed by atoms with E-state index in [1.54, 1.807) is 0 Å². The van der Waals surface area contributed by atoms with Crippen LogP contribution in [0, 0.1) is 5.92 Å². The Morgan fingerprint density at radius 3 is 2.77 bits per heavy atom. The zero-order valence-corrected chi connectivity index (χ0v) is 14.2. The SMILES string of the molecule is CCc1ccc2nc3c(c(CNCC(C)C)c2c1)CCCC3. The molecule has 2 nitrogen and oxygen atoms in total. The first kappa shape index (κ1) is 15.5. The molecule has 2 heteroatoms. The van der Waals surface area contributed by atoms with Crippen molar-refractivity contribution < 1.29 is 0 Å². The number of rotatable bonds is 5. The van der Waals surface area contributed by atoms with Gasteiger partial charge in [0.05, 0.1) is 5.52 Å². The molecule has 0 radical (unpaired) electrons. The maximum Gasteiger partial charge on any atom is 0.0708 e. The molecule has 0 bridgehead atoms. The lowest BCUT2D eigenvalue weighted by Crippen LogP contribution is -2.21. The van der Waals surface area contributed by atoms with E-state index in [0.717, 1.165) is 25.9 Å². The molecule has 0 amide bonds. The van der Waals surface area contributed by atoms with Crippen LogP contribution in [0.15, 0.2) is 18.2 Å². The van der Waals surface area contributed by atoms with Crippen LogP contribution in [0.1, 0.15) is 56.0 Å². The normalized spacial score (nSPS) is 14.5. The van der Waals surface area contributed by atoms with Gasteiger partial charge < -0.3 is 5.32 Å². The Balaban J connectivity index is 2.06. The third-order valence-corrected chi connectivity index (χ3v) is 4.71. The first-order chi connectivity index (χ1) is 10.7. The van der Waals surface area contributed by atoms with Crippen LogP contribution in [0.25, 0.3) is 10.9 Å². The van der Waals surface area contributed by atoms with Crippen molar-refractivity contribution in [1.82, 2.24) is 10.3 Å². The summed E-state index contributed by atoms with van der Waals surface area (Å²) in [6.07, 6.45) is 6.04. The summed E-state index contributed by atoms with van der Waals surface area (Å²) in [6.45, 7) is 8.81. The maximum atomic E-state index is 4.97. The van der Waals surface area contributed by atoms with Gasteiger partial charge in [0.25, 0.3) is 0 Å². The Labute approximate surface area is 134 Å². The predicted octanol–water partition coefficient (Wildman–Crippen LogP) is 4.42. The first-order valence-electron chi connectivity index (χ1n) is 8.83. The number of aromatic nitrogens is 1. The molecule has 0 atom stereocenters. The van der Waals surface area contributed by atoms with Crippen molar-refractivity contribution >= 4 is 10.9 Å². The summed E-state index contributed by atoms with van der Waals surface area (Å²) in [5.74, 6) is 0.690. The van der Waals surface area contributed by atoms with Gasteiger partial charge in [0.1, 0.15) is 0 Å². The van der Waals surface area contributed by atoms with Crippen LogP contribution in [0.3, 0.4) is 0 Å². The van der Waals surface area contributed by atoms with E-state index in [4.69, 9.17) is 4.98 Å². The molecule has 0 fully saturated rings. The van der Waals surface area contributed by atoms with Gasteiger partial charge in [0.15, 0.2) is 0 Å². The van der Waals surface area contributed by atoms with E-state index in [0.29, 0.717) is 5.92 Å². The summed E-state index contributed by atoms with van der Waals surface area (Å²) in [5.41, 5.74) is 6.98. The smallest absolute Gasteiger partial charge is 0.0708 e. The van der Waals surface area contributed by atoms with Gasteiger partial charge in [0, 0.05) is 17.6 Å². The second-order valence-corrected chi connectivity index (χ2v) is 6.95. The van der Waals surface area contributed by atoms with Gasteiger partial charge in [-0.25, -0.2) is 0 Å². The Bertz CT molecular complexity index is 658. The fourth-order valence-corrected chi connectivity index (χ4v) is 3.48. The molecule has 1 heterocycles. The number of nitrogens with one attached hydrogen (secondary N) is 1. The van der Waals surface area contributed by atoms with Gasteiger partial charge in [0.2, 0.25) is 0 Å². The molecule has 1 aliphatic rings. The largest absolute Gasteiger partial charge is 0.312 e. The third kappa shape index (κ3) is 3.17. The number of hydrogen-bond acceptors (Lipinski definition) is 2. The number of pyridine rings is 1. The summed E-state index contributed by atoms with van der Waals surface area (Å²) < 4.78 is 0. The highest BCUT2D eigenvalue weighted by Crippen LogP contribution is 2.30. The Morgan fingerprint density at radius 1 is 1.18 bits per heavy atom. The van der Waals surface area contributed by atoms with Gasteiger partial charge in [-0.15, -0.1) is 0 Å². The van der Waals surface area contributed by atoms with Crippen LogP contribution in [-0.4, -0.2) is 11.5 Å². The van der Waals surface area contributed by atoms with Crippen molar-refractivity contribution in [2.75, 3.05) is 6.54 Å². The van der Waals surface area contributed by atoms with Crippen molar-refractivity contribution in [3.8, 4) is 0 Å². The predicted molar refractivity (Wildman–Crippen MR) is 94.3 cm³/mol. The quantitative estimate of drug-likeness (QED) is 0.883. The molecule has 1 N–H and O–H groups in total. The standard InChI is InChI=1S/C20H28N2/c1-4-15-9-10-20-17(11-15)18(13-21-12-14(2)3)16-7-5-6-8-19(16)22-20/h9-11,14,21H,4-8,12-13H2,1-3H3. The molecular formula is C20H28N2. The van der Waals surface area contributed by atoms with Crippen molar-refractivity contribution in [3.05, 3.63) is 40.6 Å². The van der Waals surface area contributed by atoms with Gasteiger partial charge in [-0.2, -0.15) is 0 Å². The number of fused-ring (bicyclic) bond motifs is 2. The van der Waals surface area contributed by atoms with Crippen molar-refractivity contribution in [2.24, 2.45) is 5.92 Å². The zero-order valence-electron chi connectivity index (χ0n) is 14.2. The van der Waals surface area contributed by atoms with Gasteiger partial charge >= 0.3 is 0 Å². The average molecular weight is 296 g/mol. The van der Waals surface area contributed by atoms with E-state index in [1.165, 1.54) is 52.5 Å². The highest BCUT2D eigenvalue weighted by Gasteiger charge is 2.18. The summed E-state index contributed by atoms with van der Waals surface area (Å²) in [4.78, 5) is 4.97. The summed E-state index contributed by atoms with van der Waals surface area (Å²) >= 11 is 0. The van der Waals surface area contributed by atoms with Crippen LogP contribution < -0.4 is 5.32 Å². The van der Waals surface area contributed by atoms with Crippen LogP contribution >= 0.6 is 0 Å². The van der Waals surface area contributed by atoms with Crippen molar-refractivity contribution in [2.45, 2.75) is 59.4 Å². The van der Waals surface area contributed by atoms with Gasteiger partial charge in [-0.3, -0.25) is 4.98 Å². The molecule has 0 spiro atoms. The fourth-order valence-electron chi connectivity index (χ4n) is 3.48. The minimum absolute atomic E-state index is 0.690. The monoisotopic (exact) mass is 296 g/mol. The number of hydrogen-bond donors (Lipinski definition) is 1. The van der Waals surface area contributed by atoms with Gasteiger partial charge in [-0.1, -0.05) is 26.8 Å². The highest BCUT2D eigenvalue weighted by atomic mass is 14.9.